The Morgan fingerprint density at radius 3 is 2.00 bits per heavy atom. The molecule has 0 atom stereocenters. The molecule has 0 heterocycles. The Morgan fingerprint density at radius 1 is 1.44 bits per heavy atom. The molecule has 0 fully saturated rings. The number of quaternary nitrogens is 1. The summed E-state index contributed by atoms with van der Waals surface area (Å²) in [5.41, 5.74) is 0.548. The minimum atomic E-state index is -4.92. The Bertz CT molecular complexity index is 380. The van der Waals surface area contributed by atoms with E-state index < -0.39 is 10.4 Å². The second-order valence-corrected chi connectivity index (χ2v) is 4.93. The van der Waals surface area contributed by atoms with E-state index in [9.17, 15) is 9.59 Å². The number of nitrogens with zero attached hydrogens (tertiary/aromatic N) is 1. The summed E-state index contributed by atoms with van der Waals surface area (Å²) in [5, 5.41) is 0. The van der Waals surface area contributed by atoms with Crippen molar-refractivity contribution in [2.24, 2.45) is 0 Å². The fourth-order valence-electron chi connectivity index (χ4n) is 0.790. The van der Waals surface area contributed by atoms with E-state index in [-0.39, 0.29) is 11.9 Å². The molecule has 0 bridgehead atoms. The number of carbonyl (C=O) groups is 2. The van der Waals surface area contributed by atoms with Crippen LogP contribution < -0.4 is 6.15 Å². The molecule has 8 nitrogen and oxygen atoms in total. The summed E-state index contributed by atoms with van der Waals surface area (Å²) in [6.07, 6.45) is 0.825. The standard InChI is InChI=1S/C9H16NO2.H3N.H2O4S/c1-8(2)9(12)7-10(3,4)5-6-11;;1-5(2,3)4/h6H,1,5,7H2,2-4H3;1H3;(H2,1,2,3,4)/q+1;;/p-1. The maximum Gasteiger partial charge on any atom is 0.215 e. The molecule has 4 N–H and O–H groups in total. The summed E-state index contributed by atoms with van der Waals surface area (Å²) in [4.78, 5) is 21.4. The quantitative estimate of drug-likeness (QED) is 0.229. The molecule has 108 valence electrons. The van der Waals surface area contributed by atoms with E-state index in [0.29, 0.717) is 23.1 Å². The largest absolute Gasteiger partial charge is 0.726 e. The Morgan fingerprint density at radius 2 is 1.78 bits per heavy atom. The van der Waals surface area contributed by atoms with Crippen molar-refractivity contribution in [3.8, 4) is 0 Å². The normalized spacial score (nSPS) is 10.5. The fraction of sp³-hybridized carbons (Fsp3) is 0.556. The van der Waals surface area contributed by atoms with Crippen LogP contribution in [0.2, 0.25) is 0 Å². The molecule has 0 radical (unpaired) electrons. The van der Waals surface area contributed by atoms with E-state index in [0.717, 1.165) is 6.29 Å². The highest BCUT2D eigenvalue weighted by molar-refractivity contribution is 7.79. The van der Waals surface area contributed by atoms with Crippen molar-refractivity contribution in [2.75, 3.05) is 27.2 Å². The Kier molecular flexibility index (Phi) is 10.9. The summed E-state index contributed by atoms with van der Waals surface area (Å²) in [6.45, 7) is 5.94. The van der Waals surface area contributed by atoms with Gasteiger partial charge in [0.05, 0.1) is 14.1 Å². The van der Waals surface area contributed by atoms with Crippen molar-refractivity contribution in [1.29, 1.82) is 0 Å². The first-order chi connectivity index (χ1) is 7.39. The predicted octanol–water partition coefficient (Wildman–Crippen LogP) is -0.426. The van der Waals surface area contributed by atoms with Gasteiger partial charge in [0.1, 0.15) is 13.1 Å². The van der Waals surface area contributed by atoms with Crippen molar-refractivity contribution in [3.05, 3.63) is 12.2 Å². The zero-order valence-electron chi connectivity index (χ0n) is 10.7. The van der Waals surface area contributed by atoms with Gasteiger partial charge in [0.15, 0.2) is 6.29 Å². The number of Topliss-reactive ketones (excluding diaryl/α,β-unsaturated/α-hetero) is 1. The second-order valence-electron chi connectivity index (χ2n) is 4.07. The smallest absolute Gasteiger partial charge is 0.215 e. The minimum Gasteiger partial charge on any atom is -0.726 e. The summed E-state index contributed by atoms with van der Waals surface area (Å²) in [5.74, 6) is 0.0156. The molecule has 9 heteroatoms. The molecule has 0 aliphatic heterocycles. The molecule has 0 amide bonds. The molecule has 0 saturated heterocycles. The van der Waals surface area contributed by atoms with Gasteiger partial charge in [-0.3, -0.25) is 14.1 Å². The topological polar surface area (TPSA) is 147 Å². The first-order valence-electron chi connectivity index (χ1n) is 4.51. The van der Waals surface area contributed by atoms with Crippen molar-refractivity contribution in [2.45, 2.75) is 6.92 Å². The number of ketones is 1. The van der Waals surface area contributed by atoms with Crippen LogP contribution in [0.4, 0.5) is 0 Å². The van der Waals surface area contributed by atoms with Crippen molar-refractivity contribution >= 4 is 22.5 Å². The number of hydrogen-bond donors (Lipinski definition) is 2. The molecule has 0 aliphatic carbocycles. The number of aldehydes is 1. The third kappa shape index (κ3) is 20.3. The lowest BCUT2D eigenvalue weighted by Crippen LogP contribution is -2.45. The van der Waals surface area contributed by atoms with E-state index in [1.54, 1.807) is 6.92 Å². The lowest BCUT2D eigenvalue weighted by atomic mass is 10.2. The molecular weight excluding hydrogens is 264 g/mol. The molecule has 0 aromatic rings. The highest BCUT2D eigenvalue weighted by Gasteiger charge is 2.19. The van der Waals surface area contributed by atoms with E-state index in [1.807, 2.05) is 14.1 Å². The molecule has 18 heavy (non-hydrogen) atoms. The SMILES string of the molecule is C=C(C)C(=O)C[N+](C)(C)CC=O.N.O=S(=O)([O-])O. The first kappa shape index (κ1) is 22.1. The lowest BCUT2D eigenvalue weighted by molar-refractivity contribution is -0.873. The summed E-state index contributed by atoms with van der Waals surface area (Å²) < 4.78 is 33.2. The third-order valence-electron chi connectivity index (χ3n) is 1.62. The zero-order valence-corrected chi connectivity index (χ0v) is 11.6. The molecule has 0 spiro atoms. The lowest BCUT2D eigenvalue weighted by Gasteiger charge is -2.26. The van der Waals surface area contributed by atoms with Gasteiger partial charge in [-0.15, -0.1) is 0 Å². The number of hydrogen-bond acceptors (Lipinski definition) is 6. The van der Waals surface area contributed by atoms with Gasteiger partial charge in [-0.25, -0.2) is 8.42 Å². The van der Waals surface area contributed by atoms with Gasteiger partial charge >= 0.3 is 0 Å². The molecule has 0 saturated carbocycles. The van der Waals surface area contributed by atoms with Gasteiger partial charge in [-0.1, -0.05) is 6.58 Å². The van der Waals surface area contributed by atoms with E-state index in [1.165, 1.54) is 0 Å². The maximum absolute atomic E-state index is 11.2. The monoisotopic (exact) mass is 284 g/mol. The van der Waals surface area contributed by atoms with Crippen molar-refractivity contribution < 1.29 is 31.6 Å². The maximum atomic E-state index is 11.2. The molecule has 0 rings (SSSR count). The summed E-state index contributed by atoms with van der Waals surface area (Å²) in [6, 6.07) is 0. The van der Waals surface area contributed by atoms with Crippen LogP contribution in [0.25, 0.3) is 0 Å². The van der Waals surface area contributed by atoms with Crippen LogP contribution >= 0.6 is 0 Å². The Hall–Kier alpha value is -1.13. The molecule has 0 aromatic heterocycles. The van der Waals surface area contributed by atoms with Crippen molar-refractivity contribution in [1.82, 2.24) is 6.15 Å². The molecular formula is C9H20N2O6S. The van der Waals surface area contributed by atoms with Crippen LogP contribution in [-0.4, -0.2) is 61.3 Å². The summed E-state index contributed by atoms with van der Waals surface area (Å²) in [7, 11) is -1.23. The minimum absolute atomic E-state index is 0. The van der Waals surface area contributed by atoms with Crippen LogP contribution in [0.1, 0.15) is 6.92 Å². The third-order valence-corrected chi connectivity index (χ3v) is 1.62. The summed E-state index contributed by atoms with van der Waals surface area (Å²) >= 11 is 0. The van der Waals surface area contributed by atoms with Gasteiger partial charge < -0.3 is 15.2 Å². The van der Waals surface area contributed by atoms with Gasteiger partial charge in [0.25, 0.3) is 0 Å². The first-order valence-corrected chi connectivity index (χ1v) is 5.88. The van der Waals surface area contributed by atoms with Gasteiger partial charge in [-0.2, -0.15) is 0 Å². The van der Waals surface area contributed by atoms with E-state index >= 15 is 0 Å². The van der Waals surface area contributed by atoms with E-state index in [4.69, 9.17) is 17.5 Å². The van der Waals surface area contributed by atoms with Crippen LogP contribution in [0.3, 0.4) is 0 Å². The molecule has 0 aromatic carbocycles. The Labute approximate surface area is 107 Å². The van der Waals surface area contributed by atoms with Crippen LogP contribution in [0.5, 0.6) is 0 Å². The number of likely N-dealkylation sites (N-methyl/N-ethyl adjacent to an activating group) is 1. The number of carbonyl (C=O) groups excluding carboxylic acids is 2. The highest BCUT2D eigenvalue weighted by Crippen LogP contribution is 1.99. The molecule has 0 unspecified atom stereocenters. The van der Waals surface area contributed by atoms with Crippen LogP contribution in [-0.2, 0) is 20.0 Å². The average molecular weight is 284 g/mol. The second kappa shape index (κ2) is 8.89. The van der Waals surface area contributed by atoms with Gasteiger partial charge in [0.2, 0.25) is 16.2 Å². The number of rotatable bonds is 5. The van der Waals surface area contributed by atoms with Crippen molar-refractivity contribution in [3.63, 3.8) is 0 Å². The van der Waals surface area contributed by atoms with Crippen LogP contribution in [0, 0.1) is 0 Å². The fourth-order valence-corrected chi connectivity index (χ4v) is 0.790. The van der Waals surface area contributed by atoms with Gasteiger partial charge in [0, 0.05) is 0 Å². The molecule has 0 aliphatic rings. The van der Waals surface area contributed by atoms with Crippen LogP contribution in [0.15, 0.2) is 12.2 Å². The average Bonchev–Trinajstić information content (AvgIpc) is 1.98. The van der Waals surface area contributed by atoms with E-state index in [2.05, 4.69) is 6.58 Å². The van der Waals surface area contributed by atoms with Gasteiger partial charge in [-0.05, 0) is 12.5 Å². The highest BCUT2D eigenvalue weighted by atomic mass is 32.3. The zero-order chi connectivity index (χ0) is 14.3. The predicted molar refractivity (Wildman–Crippen MR) is 65.1 cm³/mol. The Balaban J connectivity index is -0.000000321.